The van der Waals surface area contributed by atoms with Crippen LogP contribution in [0.4, 0.5) is 0 Å². The Hall–Kier alpha value is -0.153. The largest absolute Gasteiger partial charge is 0.432 e. The zero-order valence-electron chi connectivity index (χ0n) is 10.4. The minimum Gasteiger partial charge on any atom is -0.432 e. The van der Waals surface area contributed by atoms with Gasteiger partial charge in [0, 0.05) is 11.8 Å². The van der Waals surface area contributed by atoms with Gasteiger partial charge in [-0.05, 0) is 31.5 Å². The summed E-state index contributed by atoms with van der Waals surface area (Å²) in [5, 5.41) is 0. The molecule has 1 aliphatic rings. The van der Waals surface area contributed by atoms with Crippen molar-refractivity contribution in [3.05, 3.63) is 0 Å². The van der Waals surface area contributed by atoms with Crippen molar-refractivity contribution in [1.29, 1.82) is 0 Å². The van der Waals surface area contributed by atoms with Crippen molar-refractivity contribution in [1.82, 2.24) is 0 Å². The smallest absolute Gasteiger partial charge is 0.185 e. The molecule has 1 N–H and O–H groups in total. The van der Waals surface area contributed by atoms with Gasteiger partial charge in [-0.15, -0.1) is 0 Å². The lowest BCUT2D eigenvalue weighted by Crippen LogP contribution is -2.36. The molecule has 15 heavy (non-hydrogen) atoms. The molecule has 0 aliphatic heterocycles. The fraction of sp³-hybridized carbons (Fsp3) is 0.917. The number of carbonyl (C=O) groups is 1. The summed E-state index contributed by atoms with van der Waals surface area (Å²) in [4.78, 5) is 21.8. The molecule has 0 saturated heterocycles. The fourth-order valence-corrected chi connectivity index (χ4v) is 4.30. The highest BCUT2D eigenvalue weighted by molar-refractivity contribution is 6.71. The van der Waals surface area contributed by atoms with Gasteiger partial charge in [-0.3, -0.25) is 4.79 Å². The average Bonchev–Trinajstić information content (AvgIpc) is 2.15. The van der Waals surface area contributed by atoms with Crippen molar-refractivity contribution in [3.8, 4) is 0 Å². The molecule has 0 spiro atoms. The minimum absolute atomic E-state index is 0.172. The lowest BCUT2D eigenvalue weighted by atomic mass is 9.82. The van der Waals surface area contributed by atoms with Gasteiger partial charge < -0.3 is 4.80 Å². The maximum atomic E-state index is 11.8. The van der Waals surface area contributed by atoms with Gasteiger partial charge in [-0.1, -0.05) is 26.7 Å². The van der Waals surface area contributed by atoms with Crippen LogP contribution in [0, 0.1) is 11.8 Å². The van der Waals surface area contributed by atoms with Crippen LogP contribution in [0.25, 0.3) is 0 Å². The van der Waals surface area contributed by atoms with Crippen LogP contribution >= 0.6 is 0 Å². The Morgan fingerprint density at radius 2 is 1.67 bits per heavy atom. The molecule has 0 heterocycles. The zero-order chi connectivity index (χ0) is 11.6. The molecular formula is C12H24O2Si. The van der Waals surface area contributed by atoms with Gasteiger partial charge in [-0.25, -0.2) is 0 Å². The molecule has 0 bridgehead atoms. The van der Waals surface area contributed by atoms with Crippen molar-refractivity contribution in [3.63, 3.8) is 0 Å². The quantitative estimate of drug-likeness (QED) is 0.754. The monoisotopic (exact) mass is 228 g/mol. The standard InChI is InChI=1S/C12H24O2Si/c1-9(2)12(13)10-5-7-11(8-6-10)15(3,4)14/h9-11,14H,5-8H2,1-4H3. The van der Waals surface area contributed by atoms with Gasteiger partial charge in [0.1, 0.15) is 5.78 Å². The van der Waals surface area contributed by atoms with Crippen molar-refractivity contribution in [2.45, 2.75) is 58.2 Å². The van der Waals surface area contributed by atoms with E-state index >= 15 is 0 Å². The lowest BCUT2D eigenvalue weighted by molar-refractivity contribution is -0.126. The Balaban J connectivity index is 2.46. The molecule has 0 aromatic heterocycles. The van der Waals surface area contributed by atoms with E-state index in [1.807, 2.05) is 26.9 Å². The molecule has 3 heteroatoms. The molecule has 0 aromatic rings. The predicted octanol–water partition coefficient (Wildman–Crippen LogP) is 2.97. The van der Waals surface area contributed by atoms with Crippen LogP contribution in [0.1, 0.15) is 39.5 Å². The summed E-state index contributed by atoms with van der Waals surface area (Å²) in [6.07, 6.45) is 4.11. The summed E-state index contributed by atoms with van der Waals surface area (Å²) in [6, 6.07) is 0. The van der Waals surface area contributed by atoms with Crippen molar-refractivity contribution < 1.29 is 9.59 Å². The van der Waals surface area contributed by atoms with Crippen LogP contribution in [0.2, 0.25) is 18.6 Å². The van der Waals surface area contributed by atoms with E-state index < -0.39 is 8.32 Å². The van der Waals surface area contributed by atoms with Gasteiger partial charge in [0.05, 0.1) is 0 Å². The minimum atomic E-state index is -1.96. The van der Waals surface area contributed by atoms with E-state index in [-0.39, 0.29) is 11.8 Å². The summed E-state index contributed by atoms with van der Waals surface area (Å²) in [5.41, 5.74) is 0.508. The summed E-state index contributed by atoms with van der Waals surface area (Å²) >= 11 is 0. The van der Waals surface area contributed by atoms with Gasteiger partial charge in [0.2, 0.25) is 0 Å². The van der Waals surface area contributed by atoms with Crippen molar-refractivity contribution >= 4 is 14.1 Å². The van der Waals surface area contributed by atoms with Crippen molar-refractivity contribution in [2.75, 3.05) is 0 Å². The van der Waals surface area contributed by atoms with Crippen LogP contribution in [0.15, 0.2) is 0 Å². The van der Waals surface area contributed by atoms with E-state index in [1.165, 1.54) is 0 Å². The number of ketones is 1. The molecule has 0 radical (unpaired) electrons. The number of carbonyl (C=O) groups excluding carboxylic acids is 1. The summed E-state index contributed by atoms with van der Waals surface area (Å²) in [5.74, 6) is 0.870. The Morgan fingerprint density at radius 3 is 2.00 bits per heavy atom. The van der Waals surface area contributed by atoms with Gasteiger partial charge >= 0.3 is 0 Å². The number of hydrogen-bond donors (Lipinski definition) is 1. The van der Waals surface area contributed by atoms with E-state index in [9.17, 15) is 9.59 Å². The van der Waals surface area contributed by atoms with Gasteiger partial charge in [-0.2, -0.15) is 0 Å². The summed E-state index contributed by atoms with van der Waals surface area (Å²) < 4.78 is 0. The van der Waals surface area contributed by atoms with Crippen LogP contribution in [0.3, 0.4) is 0 Å². The van der Waals surface area contributed by atoms with Crippen molar-refractivity contribution in [2.24, 2.45) is 11.8 Å². The molecular weight excluding hydrogens is 204 g/mol. The van der Waals surface area contributed by atoms with E-state index in [0.717, 1.165) is 25.7 Å². The Kier molecular flexibility index (Phi) is 4.12. The third kappa shape index (κ3) is 3.42. The van der Waals surface area contributed by atoms with E-state index in [1.54, 1.807) is 0 Å². The van der Waals surface area contributed by atoms with Crippen LogP contribution < -0.4 is 0 Å². The first kappa shape index (κ1) is 12.9. The van der Waals surface area contributed by atoms with Gasteiger partial charge in [0.25, 0.3) is 0 Å². The maximum Gasteiger partial charge on any atom is 0.185 e. The summed E-state index contributed by atoms with van der Waals surface area (Å²) in [7, 11) is -1.96. The van der Waals surface area contributed by atoms with Crippen LogP contribution in [-0.2, 0) is 4.79 Å². The van der Waals surface area contributed by atoms with E-state index in [2.05, 4.69) is 0 Å². The maximum absolute atomic E-state index is 11.8. The fourth-order valence-electron chi connectivity index (χ4n) is 2.56. The Bertz CT molecular complexity index is 222. The molecule has 2 nitrogen and oxygen atoms in total. The first-order valence-electron chi connectivity index (χ1n) is 6.08. The third-order valence-corrected chi connectivity index (χ3v) is 6.27. The lowest BCUT2D eigenvalue weighted by Gasteiger charge is -2.34. The Labute approximate surface area is 94.2 Å². The molecule has 1 saturated carbocycles. The number of hydrogen-bond acceptors (Lipinski definition) is 2. The zero-order valence-corrected chi connectivity index (χ0v) is 11.4. The van der Waals surface area contributed by atoms with E-state index in [0.29, 0.717) is 11.3 Å². The highest BCUT2D eigenvalue weighted by atomic mass is 28.4. The SMILES string of the molecule is CC(C)C(=O)C1CCC([Si](C)(C)O)CC1. The molecule has 88 valence electrons. The van der Waals surface area contributed by atoms with E-state index in [4.69, 9.17) is 0 Å². The summed E-state index contributed by atoms with van der Waals surface area (Å²) in [6.45, 7) is 8.00. The van der Waals surface area contributed by atoms with Crippen LogP contribution in [-0.4, -0.2) is 18.9 Å². The second-order valence-electron chi connectivity index (χ2n) is 5.76. The molecule has 0 amide bonds. The van der Waals surface area contributed by atoms with Crippen LogP contribution in [0.5, 0.6) is 0 Å². The number of Topliss-reactive ketones (excluding diaryl/α,β-unsaturated/α-hetero) is 1. The number of rotatable bonds is 3. The second kappa shape index (κ2) is 4.79. The second-order valence-corrected chi connectivity index (χ2v) is 9.88. The van der Waals surface area contributed by atoms with Gasteiger partial charge in [0.15, 0.2) is 8.32 Å². The average molecular weight is 228 g/mol. The molecule has 1 aliphatic carbocycles. The topological polar surface area (TPSA) is 37.3 Å². The predicted molar refractivity (Wildman–Crippen MR) is 65.3 cm³/mol. The molecule has 1 fully saturated rings. The molecule has 0 atom stereocenters. The highest BCUT2D eigenvalue weighted by Gasteiger charge is 2.35. The normalized spacial score (nSPS) is 28.1. The third-order valence-electron chi connectivity index (χ3n) is 3.70. The first-order chi connectivity index (χ1) is 6.82. The molecule has 1 rings (SSSR count). The molecule has 0 unspecified atom stereocenters. The Morgan fingerprint density at radius 1 is 1.20 bits per heavy atom. The first-order valence-corrected chi connectivity index (χ1v) is 9.11. The highest BCUT2D eigenvalue weighted by Crippen LogP contribution is 2.39. The molecule has 0 aromatic carbocycles.